The zero-order chi connectivity index (χ0) is 57.1. The standard InChI is InChI=1S/C73H124O6/c1-4-7-10-13-16-19-21-23-25-27-29-31-33-35-36-38-39-41-43-45-47-49-51-54-57-60-63-66-72(75)78-69-70(68-77-71(74)65-62-59-56-53-18-15-12-9-6-3)79-73(76)67-64-61-58-55-52-50-48-46-44-42-40-37-34-32-30-28-26-24-22-20-17-14-11-8-5-2/h7-8,10-11,16-17,19-20,23-26,29-32,35-36,70H,4-6,9,12-15,18,21-22,27-28,33-34,37-69H2,1-3H3/b10-7-,11-8-,19-16-,20-17-,25-23-,26-24-,31-29-,32-30-,36-35-. The number of unbranched alkanes of at least 4 members (excludes halogenated alkanes) is 31. The highest BCUT2D eigenvalue weighted by Crippen LogP contribution is 2.17. The number of rotatable bonds is 60. The second-order valence-electron chi connectivity index (χ2n) is 22.0. The van der Waals surface area contributed by atoms with Crippen molar-refractivity contribution in [2.24, 2.45) is 0 Å². The van der Waals surface area contributed by atoms with Crippen molar-refractivity contribution in [3.8, 4) is 0 Å². The molecule has 0 N–H and O–H groups in total. The van der Waals surface area contributed by atoms with Gasteiger partial charge in [0.25, 0.3) is 0 Å². The summed E-state index contributed by atoms with van der Waals surface area (Å²) in [6.45, 7) is 6.42. The molecular formula is C73H124O6. The van der Waals surface area contributed by atoms with Gasteiger partial charge in [-0.1, -0.05) is 304 Å². The average molecular weight is 1100 g/mol. The van der Waals surface area contributed by atoms with E-state index in [1.54, 1.807) is 0 Å². The molecule has 0 saturated carbocycles. The average Bonchev–Trinajstić information content (AvgIpc) is 3.45. The molecule has 0 aromatic heterocycles. The van der Waals surface area contributed by atoms with Crippen molar-refractivity contribution in [2.45, 2.75) is 322 Å². The topological polar surface area (TPSA) is 78.9 Å². The van der Waals surface area contributed by atoms with Crippen LogP contribution in [0.15, 0.2) is 109 Å². The van der Waals surface area contributed by atoms with Crippen molar-refractivity contribution in [2.75, 3.05) is 13.2 Å². The number of carbonyl (C=O) groups is 3. The molecule has 79 heavy (non-hydrogen) atoms. The minimum absolute atomic E-state index is 0.0770. The molecule has 1 unspecified atom stereocenters. The van der Waals surface area contributed by atoms with E-state index in [1.165, 1.54) is 161 Å². The van der Waals surface area contributed by atoms with E-state index < -0.39 is 6.10 Å². The predicted molar refractivity (Wildman–Crippen MR) is 343 cm³/mol. The number of hydrogen-bond donors (Lipinski definition) is 0. The van der Waals surface area contributed by atoms with Crippen molar-refractivity contribution in [3.63, 3.8) is 0 Å². The third kappa shape index (κ3) is 64.8. The second-order valence-corrected chi connectivity index (χ2v) is 22.0. The normalized spacial score (nSPS) is 12.8. The van der Waals surface area contributed by atoms with Gasteiger partial charge in [-0.25, -0.2) is 0 Å². The van der Waals surface area contributed by atoms with Crippen LogP contribution in [0.25, 0.3) is 0 Å². The fourth-order valence-corrected chi connectivity index (χ4v) is 9.35. The Morgan fingerprint density at radius 3 is 0.772 bits per heavy atom. The molecule has 0 aliphatic heterocycles. The highest BCUT2D eigenvalue weighted by Gasteiger charge is 2.19. The van der Waals surface area contributed by atoms with Crippen molar-refractivity contribution in [1.82, 2.24) is 0 Å². The molecule has 0 fully saturated rings. The molecule has 0 spiro atoms. The quantitative estimate of drug-likeness (QED) is 0.0261. The highest BCUT2D eigenvalue weighted by molar-refractivity contribution is 5.71. The first-order valence-electron chi connectivity index (χ1n) is 33.4. The molecule has 0 saturated heterocycles. The molecule has 0 bridgehead atoms. The fourth-order valence-electron chi connectivity index (χ4n) is 9.35. The largest absolute Gasteiger partial charge is 0.462 e. The molecule has 6 heteroatoms. The Kier molecular flexibility index (Phi) is 63.3. The van der Waals surface area contributed by atoms with Gasteiger partial charge in [0.15, 0.2) is 6.10 Å². The summed E-state index contributed by atoms with van der Waals surface area (Å²) < 4.78 is 16.9. The molecular weight excluding hydrogens is 973 g/mol. The minimum Gasteiger partial charge on any atom is -0.462 e. The molecule has 452 valence electrons. The van der Waals surface area contributed by atoms with Crippen LogP contribution in [0.2, 0.25) is 0 Å². The maximum Gasteiger partial charge on any atom is 0.306 e. The summed E-state index contributed by atoms with van der Waals surface area (Å²) in [6, 6.07) is 0. The third-order valence-corrected chi connectivity index (χ3v) is 14.3. The summed E-state index contributed by atoms with van der Waals surface area (Å²) in [4.78, 5) is 38.3. The van der Waals surface area contributed by atoms with Crippen LogP contribution in [-0.4, -0.2) is 37.2 Å². The lowest BCUT2D eigenvalue weighted by molar-refractivity contribution is -0.167. The molecule has 0 aromatic carbocycles. The van der Waals surface area contributed by atoms with Crippen LogP contribution < -0.4 is 0 Å². The first-order valence-corrected chi connectivity index (χ1v) is 33.4. The molecule has 1 atom stereocenters. The zero-order valence-corrected chi connectivity index (χ0v) is 51.9. The van der Waals surface area contributed by atoms with Gasteiger partial charge in [0.2, 0.25) is 0 Å². The highest BCUT2D eigenvalue weighted by atomic mass is 16.6. The Labute approximate surface area is 489 Å². The van der Waals surface area contributed by atoms with Gasteiger partial charge >= 0.3 is 17.9 Å². The second kappa shape index (κ2) is 66.6. The van der Waals surface area contributed by atoms with Crippen molar-refractivity contribution in [3.05, 3.63) is 109 Å². The molecule has 0 heterocycles. The Bertz CT molecular complexity index is 1590. The summed E-state index contributed by atoms with van der Waals surface area (Å²) in [5.41, 5.74) is 0. The van der Waals surface area contributed by atoms with E-state index in [0.29, 0.717) is 19.3 Å². The van der Waals surface area contributed by atoms with Crippen LogP contribution in [0.1, 0.15) is 316 Å². The lowest BCUT2D eigenvalue weighted by Crippen LogP contribution is -2.30. The first kappa shape index (κ1) is 75.1. The number of esters is 3. The van der Waals surface area contributed by atoms with E-state index in [2.05, 4.69) is 130 Å². The van der Waals surface area contributed by atoms with E-state index in [0.717, 1.165) is 116 Å². The number of allylic oxidation sites excluding steroid dienone is 18. The van der Waals surface area contributed by atoms with Gasteiger partial charge in [0, 0.05) is 19.3 Å². The van der Waals surface area contributed by atoms with Gasteiger partial charge in [0.1, 0.15) is 13.2 Å². The molecule has 6 nitrogen and oxygen atoms in total. The maximum absolute atomic E-state index is 12.9. The smallest absolute Gasteiger partial charge is 0.306 e. The molecule has 0 amide bonds. The van der Waals surface area contributed by atoms with Crippen LogP contribution in [-0.2, 0) is 28.6 Å². The Hall–Kier alpha value is -3.93. The first-order chi connectivity index (χ1) is 39.0. The number of hydrogen-bond acceptors (Lipinski definition) is 6. The molecule has 0 radical (unpaired) electrons. The fraction of sp³-hybridized carbons (Fsp3) is 0.712. The lowest BCUT2D eigenvalue weighted by atomic mass is 10.0. The molecule has 0 aromatic rings. The summed E-state index contributed by atoms with van der Waals surface area (Å²) >= 11 is 0. The summed E-state index contributed by atoms with van der Waals surface area (Å²) in [5, 5.41) is 0. The monoisotopic (exact) mass is 1100 g/mol. The summed E-state index contributed by atoms with van der Waals surface area (Å²) in [5.74, 6) is -0.875. The van der Waals surface area contributed by atoms with Crippen molar-refractivity contribution < 1.29 is 28.6 Å². The van der Waals surface area contributed by atoms with Crippen LogP contribution in [0.5, 0.6) is 0 Å². The Balaban J connectivity index is 4.20. The number of ether oxygens (including phenoxy) is 3. The van der Waals surface area contributed by atoms with Crippen LogP contribution in [0.4, 0.5) is 0 Å². The summed E-state index contributed by atoms with van der Waals surface area (Å²) in [6.07, 6.45) is 91.1. The van der Waals surface area contributed by atoms with Gasteiger partial charge < -0.3 is 14.2 Å². The van der Waals surface area contributed by atoms with E-state index in [-0.39, 0.29) is 31.1 Å². The van der Waals surface area contributed by atoms with Crippen LogP contribution in [0, 0.1) is 0 Å². The van der Waals surface area contributed by atoms with E-state index in [9.17, 15) is 14.4 Å². The SMILES string of the molecule is CC/C=C\C/C=C\C/C=C\C/C=C\C/C=C\CCCCCCCCCCCCCC(=O)OCC(COC(=O)CCCCCCCCCCC)OC(=O)CCCCCCCCCCCCCC/C=C\C/C=C\C/C=C\C/C=C\CC. The van der Waals surface area contributed by atoms with E-state index >= 15 is 0 Å². The maximum atomic E-state index is 12.9. The zero-order valence-electron chi connectivity index (χ0n) is 51.9. The van der Waals surface area contributed by atoms with Gasteiger partial charge in [0.05, 0.1) is 0 Å². The Morgan fingerprint density at radius 2 is 0.494 bits per heavy atom. The summed E-state index contributed by atoms with van der Waals surface area (Å²) in [7, 11) is 0. The van der Waals surface area contributed by atoms with Gasteiger partial charge in [-0.15, -0.1) is 0 Å². The molecule has 0 aliphatic carbocycles. The molecule has 0 aliphatic rings. The predicted octanol–water partition coefficient (Wildman–Crippen LogP) is 23.0. The van der Waals surface area contributed by atoms with Gasteiger partial charge in [-0.3, -0.25) is 14.4 Å². The van der Waals surface area contributed by atoms with Gasteiger partial charge in [-0.2, -0.15) is 0 Å². The van der Waals surface area contributed by atoms with Crippen LogP contribution in [0.3, 0.4) is 0 Å². The van der Waals surface area contributed by atoms with E-state index in [4.69, 9.17) is 14.2 Å². The lowest BCUT2D eigenvalue weighted by Gasteiger charge is -2.18. The van der Waals surface area contributed by atoms with E-state index in [1.807, 2.05) is 0 Å². The van der Waals surface area contributed by atoms with Crippen LogP contribution >= 0.6 is 0 Å². The third-order valence-electron chi connectivity index (χ3n) is 14.3. The van der Waals surface area contributed by atoms with Crippen molar-refractivity contribution >= 4 is 17.9 Å². The number of carbonyl (C=O) groups excluding carboxylic acids is 3. The van der Waals surface area contributed by atoms with Gasteiger partial charge in [-0.05, 0) is 103 Å². The molecule has 0 rings (SSSR count). The van der Waals surface area contributed by atoms with Crippen molar-refractivity contribution in [1.29, 1.82) is 0 Å². The Morgan fingerprint density at radius 1 is 0.266 bits per heavy atom. The minimum atomic E-state index is -0.780.